The highest BCUT2D eigenvalue weighted by atomic mass is 32.2. The number of aromatic amines is 1. The SMILES string of the molecule is CC1(C)CCN(S(=O)(=O)c2[nH]ncc2CO)CC1. The van der Waals surface area contributed by atoms with Crippen LogP contribution in [0.4, 0.5) is 0 Å². The van der Waals surface area contributed by atoms with Gasteiger partial charge in [0, 0.05) is 18.7 Å². The van der Waals surface area contributed by atoms with E-state index in [4.69, 9.17) is 5.11 Å². The Morgan fingerprint density at radius 2 is 2.06 bits per heavy atom. The van der Waals surface area contributed by atoms with Gasteiger partial charge in [0.25, 0.3) is 10.0 Å². The highest BCUT2D eigenvalue weighted by molar-refractivity contribution is 7.89. The number of aromatic nitrogens is 2. The average Bonchev–Trinajstić information content (AvgIpc) is 2.77. The van der Waals surface area contributed by atoms with Crippen molar-refractivity contribution in [2.75, 3.05) is 13.1 Å². The molecule has 6 nitrogen and oxygen atoms in total. The second-order valence-electron chi connectivity index (χ2n) is 5.45. The van der Waals surface area contributed by atoms with Gasteiger partial charge in [0.2, 0.25) is 0 Å². The van der Waals surface area contributed by atoms with E-state index in [1.807, 2.05) is 0 Å². The molecule has 1 aliphatic rings. The predicted molar refractivity (Wildman–Crippen MR) is 66.3 cm³/mol. The Kier molecular flexibility index (Phi) is 3.48. The predicted octanol–water partition coefficient (Wildman–Crippen LogP) is 0.713. The van der Waals surface area contributed by atoms with Crippen molar-refractivity contribution in [3.8, 4) is 0 Å². The van der Waals surface area contributed by atoms with E-state index in [1.165, 1.54) is 10.5 Å². The Morgan fingerprint density at radius 3 is 2.61 bits per heavy atom. The fraction of sp³-hybridized carbons (Fsp3) is 0.727. The van der Waals surface area contributed by atoms with Crippen LogP contribution in [-0.2, 0) is 16.6 Å². The van der Waals surface area contributed by atoms with E-state index >= 15 is 0 Å². The molecule has 102 valence electrons. The van der Waals surface area contributed by atoms with E-state index in [0.29, 0.717) is 18.7 Å². The quantitative estimate of drug-likeness (QED) is 0.849. The molecule has 1 aromatic rings. The fourth-order valence-corrected chi connectivity index (χ4v) is 3.63. The van der Waals surface area contributed by atoms with Gasteiger partial charge in [-0.3, -0.25) is 5.10 Å². The molecule has 1 aromatic heterocycles. The molecule has 0 saturated carbocycles. The molecule has 0 unspecified atom stereocenters. The van der Waals surface area contributed by atoms with Gasteiger partial charge in [-0.25, -0.2) is 8.42 Å². The summed E-state index contributed by atoms with van der Waals surface area (Å²) in [5, 5.41) is 15.3. The number of hydrogen-bond donors (Lipinski definition) is 2. The van der Waals surface area contributed by atoms with Gasteiger partial charge in [-0.2, -0.15) is 9.40 Å². The van der Waals surface area contributed by atoms with Crippen molar-refractivity contribution < 1.29 is 13.5 Å². The highest BCUT2D eigenvalue weighted by Gasteiger charge is 2.34. The summed E-state index contributed by atoms with van der Waals surface area (Å²) >= 11 is 0. The average molecular weight is 273 g/mol. The van der Waals surface area contributed by atoms with Gasteiger partial charge in [-0.1, -0.05) is 13.8 Å². The standard InChI is InChI=1S/C11H19N3O3S/c1-11(2)3-5-14(6-4-11)18(16,17)10-9(8-15)7-12-13-10/h7,15H,3-6,8H2,1-2H3,(H,12,13). The summed E-state index contributed by atoms with van der Waals surface area (Å²) in [6, 6.07) is 0. The monoisotopic (exact) mass is 273 g/mol. The Morgan fingerprint density at radius 1 is 1.44 bits per heavy atom. The van der Waals surface area contributed by atoms with Crippen molar-refractivity contribution in [2.45, 2.75) is 38.3 Å². The van der Waals surface area contributed by atoms with E-state index in [0.717, 1.165) is 12.8 Å². The van der Waals surface area contributed by atoms with Gasteiger partial charge in [-0.15, -0.1) is 0 Å². The first-order valence-corrected chi connectivity index (χ1v) is 7.44. The molecule has 2 N–H and O–H groups in total. The number of piperidine rings is 1. The summed E-state index contributed by atoms with van der Waals surface area (Å²) in [5.74, 6) is 0. The van der Waals surface area contributed by atoms with Gasteiger partial charge in [0.05, 0.1) is 12.8 Å². The lowest BCUT2D eigenvalue weighted by atomic mass is 9.83. The molecule has 1 fully saturated rings. The number of hydrogen-bond acceptors (Lipinski definition) is 4. The third-order valence-electron chi connectivity index (χ3n) is 3.52. The molecule has 0 atom stereocenters. The zero-order valence-corrected chi connectivity index (χ0v) is 11.5. The first-order chi connectivity index (χ1) is 8.37. The third kappa shape index (κ3) is 2.43. The maximum atomic E-state index is 12.4. The van der Waals surface area contributed by atoms with Crippen molar-refractivity contribution in [2.24, 2.45) is 5.41 Å². The minimum Gasteiger partial charge on any atom is -0.392 e. The van der Waals surface area contributed by atoms with Crippen LogP contribution >= 0.6 is 0 Å². The zero-order valence-electron chi connectivity index (χ0n) is 10.7. The minimum absolute atomic E-state index is 0.0182. The number of rotatable bonds is 3. The number of nitrogens with zero attached hydrogens (tertiary/aromatic N) is 2. The molecule has 0 aliphatic carbocycles. The van der Waals surface area contributed by atoms with Gasteiger partial charge in [-0.05, 0) is 18.3 Å². The molecule has 1 aliphatic heterocycles. The molecule has 0 spiro atoms. The number of H-pyrrole nitrogens is 1. The Hall–Kier alpha value is -0.920. The zero-order chi connectivity index (χ0) is 13.4. The maximum absolute atomic E-state index is 12.4. The number of aliphatic hydroxyl groups excluding tert-OH is 1. The van der Waals surface area contributed by atoms with Crippen LogP contribution in [-0.4, -0.2) is 41.1 Å². The molecule has 0 amide bonds. The maximum Gasteiger partial charge on any atom is 0.260 e. The molecule has 7 heteroatoms. The smallest absolute Gasteiger partial charge is 0.260 e. The van der Waals surface area contributed by atoms with E-state index in [1.54, 1.807) is 0 Å². The van der Waals surface area contributed by atoms with Crippen molar-refractivity contribution in [3.63, 3.8) is 0 Å². The minimum atomic E-state index is -3.56. The lowest BCUT2D eigenvalue weighted by Gasteiger charge is -2.35. The van der Waals surface area contributed by atoms with Crippen LogP contribution in [0.15, 0.2) is 11.2 Å². The molecule has 2 rings (SSSR count). The summed E-state index contributed by atoms with van der Waals surface area (Å²) in [6.45, 7) is 4.99. The lowest BCUT2D eigenvalue weighted by molar-refractivity contribution is 0.195. The number of aliphatic hydroxyl groups is 1. The Labute approximate surface area is 107 Å². The normalized spacial score (nSPS) is 21.1. The largest absolute Gasteiger partial charge is 0.392 e. The summed E-state index contributed by atoms with van der Waals surface area (Å²) in [4.78, 5) is 0. The van der Waals surface area contributed by atoms with Crippen LogP contribution in [0.2, 0.25) is 0 Å². The fourth-order valence-electron chi connectivity index (χ4n) is 2.10. The second kappa shape index (κ2) is 4.64. The molecule has 0 bridgehead atoms. The summed E-state index contributed by atoms with van der Waals surface area (Å²) in [6.07, 6.45) is 3.03. The van der Waals surface area contributed by atoms with E-state index < -0.39 is 10.0 Å². The molecule has 1 saturated heterocycles. The molecule has 18 heavy (non-hydrogen) atoms. The molecule has 0 radical (unpaired) electrons. The molecular weight excluding hydrogens is 254 g/mol. The second-order valence-corrected chi connectivity index (χ2v) is 7.33. The van der Waals surface area contributed by atoms with Crippen molar-refractivity contribution in [3.05, 3.63) is 11.8 Å². The van der Waals surface area contributed by atoms with Gasteiger partial charge >= 0.3 is 0 Å². The van der Waals surface area contributed by atoms with Crippen LogP contribution in [0.1, 0.15) is 32.3 Å². The first kappa shape index (κ1) is 13.5. The van der Waals surface area contributed by atoms with Crippen molar-refractivity contribution in [1.82, 2.24) is 14.5 Å². The van der Waals surface area contributed by atoms with Crippen LogP contribution < -0.4 is 0 Å². The third-order valence-corrected chi connectivity index (χ3v) is 5.44. The van der Waals surface area contributed by atoms with Crippen LogP contribution in [0, 0.1) is 5.41 Å². The van der Waals surface area contributed by atoms with Crippen molar-refractivity contribution >= 4 is 10.0 Å². The number of nitrogens with one attached hydrogen (secondary N) is 1. The first-order valence-electron chi connectivity index (χ1n) is 6.00. The Balaban J connectivity index is 2.23. The van der Waals surface area contributed by atoms with Crippen molar-refractivity contribution in [1.29, 1.82) is 0 Å². The summed E-state index contributed by atoms with van der Waals surface area (Å²) < 4.78 is 26.2. The van der Waals surface area contributed by atoms with Gasteiger partial charge in [0.1, 0.15) is 0 Å². The van der Waals surface area contributed by atoms with Gasteiger partial charge < -0.3 is 5.11 Å². The van der Waals surface area contributed by atoms with E-state index in [-0.39, 0.29) is 17.0 Å². The molecular formula is C11H19N3O3S. The molecule has 2 heterocycles. The van der Waals surface area contributed by atoms with E-state index in [9.17, 15) is 8.42 Å². The molecule has 0 aromatic carbocycles. The van der Waals surface area contributed by atoms with Crippen LogP contribution in [0.5, 0.6) is 0 Å². The summed E-state index contributed by atoms with van der Waals surface area (Å²) in [5.41, 5.74) is 0.514. The van der Waals surface area contributed by atoms with Crippen LogP contribution in [0.3, 0.4) is 0 Å². The lowest BCUT2D eigenvalue weighted by Crippen LogP contribution is -2.41. The topological polar surface area (TPSA) is 86.3 Å². The Bertz CT molecular complexity index is 511. The van der Waals surface area contributed by atoms with Gasteiger partial charge in [0.15, 0.2) is 5.03 Å². The number of sulfonamides is 1. The summed E-state index contributed by atoms with van der Waals surface area (Å²) in [7, 11) is -3.56. The highest BCUT2D eigenvalue weighted by Crippen LogP contribution is 2.32. The van der Waals surface area contributed by atoms with Crippen LogP contribution in [0.25, 0.3) is 0 Å². The van der Waals surface area contributed by atoms with E-state index in [2.05, 4.69) is 24.0 Å².